The van der Waals surface area contributed by atoms with Crippen LogP contribution in [0.2, 0.25) is 0 Å². The zero-order chi connectivity index (χ0) is 14.4. The summed E-state index contributed by atoms with van der Waals surface area (Å²) in [6.45, 7) is 3.69. The van der Waals surface area contributed by atoms with Gasteiger partial charge in [-0.05, 0) is 48.4 Å². The van der Waals surface area contributed by atoms with E-state index in [9.17, 15) is 5.11 Å². The smallest absolute Gasteiger partial charge is 0.115 e. The second-order valence-corrected chi connectivity index (χ2v) is 4.90. The van der Waals surface area contributed by atoms with Crippen LogP contribution in [-0.4, -0.2) is 11.7 Å². The van der Waals surface area contributed by atoms with Gasteiger partial charge in [0.1, 0.15) is 5.75 Å². The molecule has 3 nitrogen and oxygen atoms in total. The van der Waals surface area contributed by atoms with E-state index in [-0.39, 0.29) is 0 Å². The van der Waals surface area contributed by atoms with Crippen LogP contribution in [0.5, 0.6) is 5.75 Å². The summed E-state index contributed by atoms with van der Waals surface area (Å²) >= 11 is 0. The van der Waals surface area contributed by atoms with Crippen LogP contribution >= 0.6 is 0 Å². The average molecular weight is 270 g/mol. The molecule has 3 N–H and O–H groups in total. The molecule has 0 saturated carbocycles. The van der Waals surface area contributed by atoms with Crippen LogP contribution in [0.3, 0.4) is 0 Å². The summed E-state index contributed by atoms with van der Waals surface area (Å²) in [5, 5.41) is 9.43. The molecule has 0 aliphatic carbocycles. The molecule has 2 rings (SSSR count). The molecule has 0 atom stereocenters. The van der Waals surface area contributed by atoms with Crippen LogP contribution in [-0.2, 0) is 6.54 Å². The molecule has 0 amide bonds. The summed E-state index contributed by atoms with van der Waals surface area (Å²) in [5.41, 5.74) is 9.09. The number of phenolic OH excluding ortho intramolecular Hbond substituents is 1. The Kier molecular flexibility index (Phi) is 5.02. The average Bonchev–Trinajstić information content (AvgIpc) is 2.49. The molecule has 0 aliphatic heterocycles. The molecule has 0 saturated heterocycles. The number of hydrogen-bond acceptors (Lipinski definition) is 3. The fraction of sp³-hybridized carbons (Fsp3) is 0.294. The van der Waals surface area contributed by atoms with Crippen molar-refractivity contribution in [3.63, 3.8) is 0 Å². The van der Waals surface area contributed by atoms with E-state index >= 15 is 0 Å². The van der Waals surface area contributed by atoms with Crippen molar-refractivity contribution in [1.82, 2.24) is 0 Å². The Morgan fingerprint density at radius 2 is 1.80 bits per heavy atom. The first-order valence-electron chi connectivity index (χ1n) is 7.10. The minimum absolute atomic E-state index is 0.292. The van der Waals surface area contributed by atoms with Gasteiger partial charge in [0.15, 0.2) is 0 Å². The molecule has 2 aromatic carbocycles. The third kappa shape index (κ3) is 3.52. The van der Waals surface area contributed by atoms with Crippen molar-refractivity contribution < 1.29 is 5.11 Å². The number of phenols is 1. The summed E-state index contributed by atoms with van der Waals surface area (Å²) < 4.78 is 0. The predicted octanol–water partition coefficient (Wildman–Crippen LogP) is 3.79. The minimum atomic E-state index is 0.292. The summed E-state index contributed by atoms with van der Waals surface area (Å²) in [5.74, 6) is 0.292. The summed E-state index contributed by atoms with van der Waals surface area (Å²) in [6.07, 6.45) is 2.26. The summed E-state index contributed by atoms with van der Waals surface area (Å²) in [6, 6.07) is 15.6. The van der Waals surface area contributed by atoms with Crippen LogP contribution in [0.15, 0.2) is 48.5 Å². The Morgan fingerprint density at radius 3 is 2.45 bits per heavy atom. The highest BCUT2D eigenvalue weighted by molar-refractivity contribution is 5.64. The monoisotopic (exact) mass is 270 g/mol. The highest BCUT2D eigenvalue weighted by Crippen LogP contribution is 2.28. The van der Waals surface area contributed by atoms with Gasteiger partial charge >= 0.3 is 0 Å². The number of nitrogens with two attached hydrogens (primary N) is 1. The Hall–Kier alpha value is -2.00. The molecule has 0 bridgehead atoms. The maximum atomic E-state index is 9.43. The van der Waals surface area contributed by atoms with Crippen molar-refractivity contribution in [2.45, 2.75) is 26.3 Å². The quantitative estimate of drug-likeness (QED) is 0.839. The summed E-state index contributed by atoms with van der Waals surface area (Å²) in [7, 11) is 0. The van der Waals surface area contributed by atoms with E-state index in [1.54, 1.807) is 12.1 Å². The number of unbranched alkanes of at least 4 members (excludes halogenated alkanes) is 1. The molecule has 3 heteroatoms. The number of rotatable bonds is 6. The maximum Gasteiger partial charge on any atom is 0.115 e. The van der Waals surface area contributed by atoms with Gasteiger partial charge in [0, 0.05) is 24.5 Å². The van der Waals surface area contributed by atoms with Crippen molar-refractivity contribution >= 4 is 11.4 Å². The Bertz CT molecular complexity index is 537. The summed E-state index contributed by atoms with van der Waals surface area (Å²) in [4.78, 5) is 2.27. The van der Waals surface area contributed by atoms with Gasteiger partial charge in [-0.25, -0.2) is 0 Å². The van der Waals surface area contributed by atoms with Crippen molar-refractivity contribution in [2.75, 3.05) is 11.4 Å². The zero-order valence-corrected chi connectivity index (χ0v) is 11.9. The fourth-order valence-corrected chi connectivity index (χ4v) is 2.21. The lowest BCUT2D eigenvalue weighted by Crippen LogP contribution is -2.18. The number of benzene rings is 2. The number of nitrogens with zero attached hydrogens (tertiary/aromatic N) is 1. The minimum Gasteiger partial charge on any atom is -0.508 e. The molecule has 0 radical (unpaired) electrons. The van der Waals surface area contributed by atoms with Crippen molar-refractivity contribution in [3.05, 3.63) is 54.1 Å². The first-order valence-corrected chi connectivity index (χ1v) is 7.10. The molecule has 2 aromatic rings. The largest absolute Gasteiger partial charge is 0.508 e. The molecule has 0 aromatic heterocycles. The Morgan fingerprint density at radius 1 is 1.05 bits per heavy atom. The van der Waals surface area contributed by atoms with E-state index in [1.807, 2.05) is 24.3 Å². The molecular weight excluding hydrogens is 248 g/mol. The van der Waals surface area contributed by atoms with Crippen LogP contribution < -0.4 is 10.6 Å². The third-order valence-corrected chi connectivity index (χ3v) is 3.35. The predicted molar refractivity (Wildman–Crippen MR) is 84.4 cm³/mol. The van der Waals surface area contributed by atoms with Gasteiger partial charge in [0.2, 0.25) is 0 Å². The van der Waals surface area contributed by atoms with Crippen LogP contribution in [0.25, 0.3) is 0 Å². The van der Waals surface area contributed by atoms with E-state index in [2.05, 4.69) is 24.0 Å². The van der Waals surface area contributed by atoms with Crippen molar-refractivity contribution in [2.24, 2.45) is 5.73 Å². The van der Waals surface area contributed by atoms with Gasteiger partial charge in [0.05, 0.1) is 0 Å². The molecule has 106 valence electrons. The normalized spacial score (nSPS) is 10.5. The molecule has 20 heavy (non-hydrogen) atoms. The van der Waals surface area contributed by atoms with Gasteiger partial charge in [-0.1, -0.05) is 25.5 Å². The third-order valence-electron chi connectivity index (χ3n) is 3.35. The van der Waals surface area contributed by atoms with Gasteiger partial charge in [0.25, 0.3) is 0 Å². The van der Waals surface area contributed by atoms with Gasteiger partial charge in [-0.2, -0.15) is 0 Å². The van der Waals surface area contributed by atoms with Crippen molar-refractivity contribution in [1.29, 1.82) is 0 Å². The lowest BCUT2D eigenvalue weighted by molar-refractivity contribution is 0.475. The van der Waals surface area contributed by atoms with Crippen LogP contribution in [0.4, 0.5) is 11.4 Å². The molecule has 0 fully saturated rings. The van der Waals surface area contributed by atoms with E-state index in [0.29, 0.717) is 12.3 Å². The maximum absolute atomic E-state index is 9.43. The Labute approximate surface area is 120 Å². The van der Waals surface area contributed by atoms with Gasteiger partial charge in [-0.3, -0.25) is 0 Å². The molecule has 0 unspecified atom stereocenters. The molecule has 0 heterocycles. The molecule has 0 aliphatic rings. The highest BCUT2D eigenvalue weighted by atomic mass is 16.3. The van der Waals surface area contributed by atoms with E-state index < -0.39 is 0 Å². The van der Waals surface area contributed by atoms with Crippen LogP contribution in [0.1, 0.15) is 25.3 Å². The Balaban J connectivity index is 2.32. The van der Waals surface area contributed by atoms with Crippen molar-refractivity contribution in [3.8, 4) is 5.75 Å². The standard InChI is InChI=1S/C17H22N2O/c1-2-3-11-19(15-7-9-17(20)10-8-15)16-6-4-5-14(12-16)13-18/h4-10,12,20H,2-3,11,13,18H2,1H3. The fourth-order valence-electron chi connectivity index (χ4n) is 2.21. The topological polar surface area (TPSA) is 49.5 Å². The van der Waals surface area contributed by atoms with E-state index in [1.165, 1.54) is 0 Å². The van der Waals surface area contributed by atoms with E-state index in [4.69, 9.17) is 5.73 Å². The second kappa shape index (κ2) is 6.96. The van der Waals surface area contributed by atoms with Gasteiger partial charge in [-0.15, -0.1) is 0 Å². The number of anilines is 2. The van der Waals surface area contributed by atoms with Crippen LogP contribution in [0, 0.1) is 0 Å². The SMILES string of the molecule is CCCCN(c1ccc(O)cc1)c1cccc(CN)c1. The molecular formula is C17H22N2O. The zero-order valence-electron chi connectivity index (χ0n) is 11.9. The highest BCUT2D eigenvalue weighted by Gasteiger charge is 2.09. The lowest BCUT2D eigenvalue weighted by atomic mass is 10.1. The van der Waals surface area contributed by atoms with Gasteiger partial charge < -0.3 is 15.7 Å². The first kappa shape index (κ1) is 14.4. The second-order valence-electron chi connectivity index (χ2n) is 4.90. The molecule has 0 spiro atoms. The number of hydrogen-bond donors (Lipinski definition) is 2. The lowest BCUT2D eigenvalue weighted by Gasteiger charge is -2.25. The first-order chi connectivity index (χ1) is 9.74. The number of aromatic hydroxyl groups is 1. The van der Waals surface area contributed by atoms with E-state index in [0.717, 1.165) is 36.3 Å².